The third kappa shape index (κ3) is 2.80. The number of ether oxygens (including phenoxy) is 1. The van der Waals surface area contributed by atoms with E-state index in [4.69, 9.17) is 4.74 Å². The van der Waals surface area contributed by atoms with Crippen LogP contribution in [0.1, 0.15) is 25.7 Å². The summed E-state index contributed by atoms with van der Waals surface area (Å²) in [6.45, 7) is 0.263. The molecule has 1 aliphatic carbocycles. The van der Waals surface area contributed by atoms with E-state index >= 15 is 0 Å². The van der Waals surface area contributed by atoms with Crippen LogP contribution in [0.25, 0.3) is 0 Å². The molecule has 0 spiro atoms. The zero-order valence-electron chi connectivity index (χ0n) is 9.49. The van der Waals surface area contributed by atoms with Gasteiger partial charge < -0.3 is 9.84 Å². The average molecular weight is 299 g/mol. The van der Waals surface area contributed by atoms with Crippen LogP contribution in [-0.2, 0) is 4.79 Å². The highest BCUT2D eigenvalue weighted by Gasteiger charge is 2.42. The first-order valence-electron chi connectivity index (χ1n) is 5.74. The summed E-state index contributed by atoms with van der Waals surface area (Å²) in [6.07, 6.45) is 3.40. The van der Waals surface area contributed by atoms with Crippen molar-refractivity contribution in [2.24, 2.45) is 5.41 Å². The van der Waals surface area contributed by atoms with Gasteiger partial charge in [-0.2, -0.15) is 0 Å². The zero-order valence-corrected chi connectivity index (χ0v) is 11.1. The summed E-state index contributed by atoms with van der Waals surface area (Å²) in [4.78, 5) is 11.3. The summed E-state index contributed by atoms with van der Waals surface area (Å²) in [7, 11) is 0. The highest BCUT2D eigenvalue weighted by atomic mass is 79.9. The maximum Gasteiger partial charge on any atom is 0.313 e. The molecule has 0 unspecified atom stereocenters. The van der Waals surface area contributed by atoms with Crippen LogP contribution in [0, 0.1) is 5.41 Å². The molecule has 4 heteroatoms. The zero-order chi connectivity index (χ0) is 12.3. The van der Waals surface area contributed by atoms with E-state index in [9.17, 15) is 9.90 Å². The largest absolute Gasteiger partial charge is 0.492 e. The third-order valence-corrected chi connectivity index (χ3v) is 3.82. The number of hydrogen-bond acceptors (Lipinski definition) is 2. The second-order valence-corrected chi connectivity index (χ2v) is 5.45. The summed E-state index contributed by atoms with van der Waals surface area (Å²) in [5.74, 6) is -0.0168. The number of carbonyl (C=O) groups is 1. The molecule has 2 rings (SSSR count). The van der Waals surface area contributed by atoms with E-state index in [0.29, 0.717) is 5.75 Å². The van der Waals surface area contributed by atoms with Crippen molar-refractivity contribution in [1.29, 1.82) is 0 Å². The first kappa shape index (κ1) is 12.4. The second kappa shape index (κ2) is 5.08. The van der Waals surface area contributed by atoms with Gasteiger partial charge in [0.1, 0.15) is 17.8 Å². The van der Waals surface area contributed by atoms with Crippen molar-refractivity contribution < 1.29 is 14.6 Å². The number of carboxylic acid groups (broad SMARTS) is 1. The van der Waals surface area contributed by atoms with Crippen LogP contribution in [-0.4, -0.2) is 17.7 Å². The molecule has 0 heterocycles. The predicted octanol–water partition coefficient (Wildman–Crippen LogP) is 3.47. The molecule has 1 N–H and O–H groups in total. The molecule has 92 valence electrons. The molecule has 1 aromatic rings. The molecule has 0 aromatic heterocycles. The van der Waals surface area contributed by atoms with Crippen LogP contribution in [0.3, 0.4) is 0 Å². The van der Waals surface area contributed by atoms with Crippen LogP contribution in [0.5, 0.6) is 5.75 Å². The number of benzene rings is 1. The summed E-state index contributed by atoms with van der Waals surface area (Å²) in [6, 6.07) is 7.48. The van der Waals surface area contributed by atoms with E-state index in [1.54, 1.807) is 0 Å². The van der Waals surface area contributed by atoms with Crippen molar-refractivity contribution in [2.75, 3.05) is 6.61 Å². The van der Waals surface area contributed by atoms with Crippen molar-refractivity contribution in [1.82, 2.24) is 0 Å². The normalized spacial score (nSPS) is 17.9. The number of aliphatic carboxylic acids is 1. The van der Waals surface area contributed by atoms with Crippen molar-refractivity contribution in [2.45, 2.75) is 25.7 Å². The Morgan fingerprint density at radius 3 is 2.71 bits per heavy atom. The molecule has 0 bridgehead atoms. The van der Waals surface area contributed by atoms with Crippen LogP contribution in [0.15, 0.2) is 28.7 Å². The number of carboxylic acids is 1. The maximum atomic E-state index is 11.3. The summed E-state index contributed by atoms with van der Waals surface area (Å²) in [5.41, 5.74) is -0.678. The van der Waals surface area contributed by atoms with Gasteiger partial charge in [-0.05, 0) is 31.0 Å². The minimum absolute atomic E-state index is 0.263. The van der Waals surface area contributed by atoms with Gasteiger partial charge in [0.25, 0.3) is 0 Å². The van der Waals surface area contributed by atoms with E-state index in [1.165, 1.54) is 0 Å². The fourth-order valence-corrected chi connectivity index (χ4v) is 2.63. The minimum Gasteiger partial charge on any atom is -0.492 e. The molecule has 3 nitrogen and oxygen atoms in total. The van der Waals surface area contributed by atoms with Crippen LogP contribution < -0.4 is 4.74 Å². The van der Waals surface area contributed by atoms with E-state index in [2.05, 4.69) is 15.9 Å². The Labute approximate surface area is 109 Å². The lowest BCUT2D eigenvalue weighted by molar-refractivity contribution is -0.150. The lowest BCUT2D eigenvalue weighted by atomic mass is 9.87. The highest BCUT2D eigenvalue weighted by molar-refractivity contribution is 9.10. The third-order valence-electron chi connectivity index (χ3n) is 3.33. The Morgan fingerprint density at radius 1 is 1.41 bits per heavy atom. The van der Waals surface area contributed by atoms with Gasteiger partial charge in [-0.1, -0.05) is 34.8 Å². The van der Waals surface area contributed by atoms with Crippen molar-refractivity contribution >= 4 is 21.9 Å². The van der Waals surface area contributed by atoms with E-state index in [-0.39, 0.29) is 6.61 Å². The van der Waals surface area contributed by atoms with Crippen molar-refractivity contribution in [3.05, 3.63) is 28.7 Å². The molecule has 1 aliphatic rings. The lowest BCUT2D eigenvalue weighted by Crippen LogP contribution is -2.34. The van der Waals surface area contributed by atoms with Crippen LogP contribution in [0.2, 0.25) is 0 Å². The molecule has 17 heavy (non-hydrogen) atoms. The molecule has 0 saturated heterocycles. The molecule has 0 atom stereocenters. The van der Waals surface area contributed by atoms with Crippen LogP contribution in [0.4, 0.5) is 0 Å². The number of rotatable bonds is 4. The molecule has 1 fully saturated rings. The summed E-state index contributed by atoms with van der Waals surface area (Å²) >= 11 is 3.36. The highest BCUT2D eigenvalue weighted by Crippen LogP contribution is 2.38. The van der Waals surface area contributed by atoms with Gasteiger partial charge in [-0.15, -0.1) is 0 Å². The monoisotopic (exact) mass is 298 g/mol. The predicted molar refractivity (Wildman–Crippen MR) is 68.2 cm³/mol. The molecule has 0 aliphatic heterocycles. The molecule has 1 aromatic carbocycles. The summed E-state index contributed by atoms with van der Waals surface area (Å²) in [5, 5.41) is 9.31. The second-order valence-electron chi connectivity index (χ2n) is 4.54. The number of halogens is 1. The topological polar surface area (TPSA) is 46.5 Å². The molecule has 1 saturated carbocycles. The van der Waals surface area contributed by atoms with E-state index in [1.807, 2.05) is 24.3 Å². The fourth-order valence-electron chi connectivity index (χ4n) is 2.25. The van der Waals surface area contributed by atoms with Gasteiger partial charge in [0.05, 0.1) is 0 Å². The fraction of sp³-hybridized carbons (Fsp3) is 0.462. The maximum absolute atomic E-state index is 11.3. The Bertz CT molecular complexity index is 411. The van der Waals surface area contributed by atoms with Gasteiger partial charge in [0.15, 0.2) is 0 Å². The number of hydrogen-bond donors (Lipinski definition) is 1. The van der Waals surface area contributed by atoms with Crippen molar-refractivity contribution in [3.8, 4) is 5.75 Å². The standard InChI is InChI=1S/C13H15BrO3/c14-10-4-3-5-11(8-10)17-9-13(12(15)16)6-1-2-7-13/h3-5,8H,1-2,6-7,9H2,(H,15,16). The Morgan fingerprint density at radius 2 is 2.12 bits per heavy atom. The van der Waals surface area contributed by atoms with Gasteiger partial charge in [-0.3, -0.25) is 4.79 Å². The smallest absolute Gasteiger partial charge is 0.313 e. The summed E-state index contributed by atoms with van der Waals surface area (Å²) < 4.78 is 6.56. The van der Waals surface area contributed by atoms with Crippen LogP contribution >= 0.6 is 15.9 Å². The Hall–Kier alpha value is -1.03. The van der Waals surface area contributed by atoms with Gasteiger partial charge in [0, 0.05) is 4.47 Å². The first-order chi connectivity index (χ1) is 8.12. The molecular weight excluding hydrogens is 284 g/mol. The van der Waals surface area contributed by atoms with E-state index in [0.717, 1.165) is 30.2 Å². The quantitative estimate of drug-likeness (QED) is 0.926. The van der Waals surface area contributed by atoms with E-state index < -0.39 is 11.4 Å². The minimum atomic E-state index is -0.731. The van der Waals surface area contributed by atoms with Crippen molar-refractivity contribution in [3.63, 3.8) is 0 Å². The Balaban J connectivity index is 2.03. The van der Waals surface area contributed by atoms with Gasteiger partial charge >= 0.3 is 5.97 Å². The molecule has 0 radical (unpaired) electrons. The average Bonchev–Trinajstić information content (AvgIpc) is 2.76. The SMILES string of the molecule is O=C(O)C1(COc2cccc(Br)c2)CCCC1. The molecular formula is C13H15BrO3. The molecule has 0 amide bonds. The first-order valence-corrected chi connectivity index (χ1v) is 6.53. The lowest BCUT2D eigenvalue weighted by Gasteiger charge is -2.23. The van der Waals surface area contributed by atoms with Gasteiger partial charge in [-0.25, -0.2) is 0 Å². The Kier molecular flexibility index (Phi) is 3.72. The van der Waals surface area contributed by atoms with Gasteiger partial charge in [0.2, 0.25) is 0 Å².